The Morgan fingerprint density at radius 1 is 1.35 bits per heavy atom. The summed E-state index contributed by atoms with van der Waals surface area (Å²) in [6.07, 6.45) is 7.38. The number of pyridine rings is 1. The first-order chi connectivity index (χ1) is 11.1. The van der Waals surface area contributed by atoms with Crippen LogP contribution < -0.4 is 10.6 Å². The van der Waals surface area contributed by atoms with Gasteiger partial charge >= 0.3 is 5.97 Å². The number of aromatic nitrogens is 1. The highest BCUT2D eigenvalue weighted by Crippen LogP contribution is 2.12. The fourth-order valence-corrected chi connectivity index (χ4v) is 2.33. The summed E-state index contributed by atoms with van der Waals surface area (Å²) in [7, 11) is 0. The Balaban J connectivity index is 2.47. The third-order valence-corrected chi connectivity index (χ3v) is 3.83. The lowest BCUT2D eigenvalue weighted by atomic mass is 9.99. The summed E-state index contributed by atoms with van der Waals surface area (Å²) in [6.45, 7) is 4.86. The van der Waals surface area contributed by atoms with E-state index in [9.17, 15) is 14.7 Å². The zero-order valence-electron chi connectivity index (χ0n) is 13.9. The van der Waals surface area contributed by atoms with Gasteiger partial charge in [0.15, 0.2) is 0 Å². The predicted molar refractivity (Wildman–Crippen MR) is 90.2 cm³/mol. The number of amides is 1. The third-order valence-electron chi connectivity index (χ3n) is 3.83. The molecule has 0 fully saturated rings. The van der Waals surface area contributed by atoms with Crippen molar-refractivity contribution in [3.05, 3.63) is 24.5 Å². The molecule has 0 aromatic carbocycles. The van der Waals surface area contributed by atoms with Crippen LogP contribution in [-0.4, -0.2) is 34.6 Å². The van der Waals surface area contributed by atoms with Crippen molar-refractivity contribution >= 4 is 17.6 Å². The number of hydrogen-bond acceptors (Lipinski definition) is 4. The Labute approximate surface area is 137 Å². The lowest BCUT2D eigenvalue weighted by Gasteiger charge is -2.19. The van der Waals surface area contributed by atoms with E-state index in [1.54, 1.807) is 18.3 Å². The van der Waals surface area contributed by atoms with Gasteiger partial charge in [0.05, 0.1) is 18.3 Å². The number of unbranched alkanes of at least 4 members (excludes halogenated alkanes) is 1. The minimum Gasteiger partial charge on any atom is -0.480 e. The zero-order chi connectivity index (χ0) is 17.1. The molecule has 0 saturated carbocycles. The van der Waals surface area contributed by atoms with E-state index in [-0.39, 0.29) is 12.3 Å². The molecule has 1 amide bonds. The maximum absolute atomic E-state index is 12.0. The molecule has 2 unspecified atom stereocenters. The molecule has 128 valence electrons. The van der Waals surface area contributed by atoms with Crippen molar-refractivity contribution in [3.8, 4) is 0 Å². The minimum atomic E-state index is -1.00. The van der Waals surface area contributed by atoms with Crippen LogP contribution in [0.15, 0.2) is 24.5 Å². The van der Waals surface area contributed by atoms with E-state index in [1.165, 1.54) is 6.20 Å². The molecule has 23 heavy (non-hydrogen) atoms. The van der Waals surface area contributed by atoms with Gasteiger partial charge in [0.25, 0.3) is 0 Å². The van der Waals surface area contributed by atoms with Crippen molar-refractivity contribution in [2.75, 3.05) is 11.9 Å². The second-order valence-corrected chi connectivity index (χ2v) is 5.71. The van der Waals surface area contributed by atoms with E-state index in [2.05, 4.69) is 29.5 Å². The lowest BCUT2D eigenvalue weighted by molar-refractivity contribution is -0.141. The Bertz CT molecular complexity index is 479. The van der Waals surface area contributed by atoms with E-state index in [0.29, 0.717) is 18.2 Å². The maximum Gasteiger partial charge on any atom is 0.321 e. The Hall–Kier alpha value is -1.95. The molecule has 1 heterocycles. The highest BCUT2D eigenvalue weighted by molar-refractivity contribution is 5.93. The predicted octanol–water partition coefficient (Wildman–Crippen LogP) is 2.67. The van der Waals surface area contributed by atoms with E-state index in [1.807, 2.05) is 0 Å². The molecule has 1 rings (SSSR count). The second kappa shape index (κ2) is 10.7. The Kier molecular flexibility index (Phi) is 8.90. The molecule has 3 N–H and O–H groups in total. The Morgan fingerprint density at radius 3 is 2.70 bits per heavy atom. The molecule has 0 bridgehead atoms. The number of carboxylic acid groups (broad SMARTS) is 1. The molecule has 0 saturated heterocycles. The first-order valence-corrected chi connectivity index (χ1v) is 8.22. The van der Waals surface area contributed by atoms with Gasteiger partial charge in [0.1, 0.15) is 6.04 Å². The molecule has 0 spiro atoms. The summed E-state index contributed by atoms with van der Waals surface area (Å²) >= 11 is 0. The molecule has 0 aliphatic rings. The van der Waals surface area contributed by atoms with Crippen LogP contribution in [0.3, 0.4) is 0 Å². The molecule has 1 aromatic rings. The average Bonchev–Trinajstić information content (AvgIpc) is 2.54. The summed E-state index contributed by atoms with van der Waals surface area (Å²) in [5, 5.41) is 15.0. The van der Waals surface area contributed by atoms with Crippen molar-refractivity contribution in [1.82, 2.24) is 10.3 Å². The van der Waals surface area contributed by atoms with E-state index < -0.39 is 12.0 Å². The monoisotopic (exact) mass is 321 g/mol. The van der Waals surface area contributed by atoms with Gasteiger partial charge in [-0.3, -0.25) is 14.6 Å². The van der Waals surface area contributed by atoms with Crippen LogP contribution in [0.1, 0.15) is 46.0 Å². The fourth-order valence-electron chi connectivity index (χ4n) is 2.33. The molecular formula is C17H27N3O3. The van der Waals surface area contributed by atoms with Crippen molar-refractivity contribution in [2.24, 2.45) is 5.92 Å². The Morgan fingerprint density at radius 2 is 2.13 bits per heavy atom. The highest BCUT2D eigenvalue weighted by Gasteiger charge is 2.22. The number of hydrogen-bond donors (Lipinski definition) is 3. The van der Waals surface area contributed by atoms with Gasteiger partial charge in [-0.1, -0.05) is 33.1 Å². The third kappa shape index (κ3) is 7.74. The van der Waals surface area contributed by atoms with Gasteiger partial charge in [0, 0.05) is 6.20 Å². The number of anilines is 1. The first-order valence-electron chi connectivity index (χ1n) is 8.22. The summed E-state index contributed by atoms with van der Waals surface area (Å²) in [5.74, 6) is -0.894. The quantitative estimate of drug-likeness (QED) is 0.583. The van der Waals surface area contributed by atoms with Crippen LogP contribution in [-0.2, 0) is 9.59 Å². The molecule has 0 aliphatic carbocycles. The molecule has 1 aromatic heterocycles. The number of aliphatic carboxylic acids is 1. The van der Waals surface area contributed by atoms with Crippen molar-refractivity contribution in [3.63, 3.8) is 0 Å². The van der Waals surface area contributed by atoms with Gasteiger partial charge in [-0.15, -0.1) is 0 Å². The number of nitrogens with one attached hydrogen (secondary N) is 2. The maximum atomic E-state index is 12.0. The number of nitrogens with zero attached hydrogens (tertiary/aromatic N) is 1. The number of rotatable bonds is 11. The van der Waals surface area contributed by atoms with Gasteiger partial charge in [-0.2, -0.15) is 0 Å². The molecule has 6 nitrogen and oxygen atoms in total. The van der Waals surface area contributed by atoms with Crippen molar-refractivity contribution < 1.29 is 14.7 Å². The largest absolute Gasteiger partial charge is 0.480 e. The molecule has 6 heteroatoms. The standard InChI is InChI=1S/C17H27N3O3/c1-3-5-7-13(4-2)11-19-15(17(22)23)10-16(21)20-14-8-6-9-18-12-14/h6,8-9,12-13,15,19H,3-5,7,10-11H2,1-2H3,(H,20,21)(H,22,23). The van der Waals surface area contributed by atoms with E-state index >= 15 is 0 Å². The van der Waals surface area contributed by atoms with E-state index in [4.69, 9.17) is 0 Å². The SMILES string of the molecule is CCCCC(CC)CNC(CC(=O)Nc1cccnc1)C(=O)O. The first kappa shape index (κ1) is 19.1. The summed E-state index contributed by atoms with van der Waals surface area (Å²) in [4.78, 5) is 27.2. The molecular weight excluding hydrogens is 294 g/mol. The van der Waals surface area contributed by atoms with Gasteiger partial charge < -0.3 is 15.7 Å². The van der Waals surface area contributed by atoms with Crippen molar-refractivity contribution in [2.45, 2.75) is 52.0 Å². The van der Waals surface area contributed by atoms with Crippen LogP contribution in [0.2, 0.25) is 0 Å². The number of carbonyl (C=O) groups is 2. The second-order valence-electron chi connectivity index (χ2n) is 5.71. The normalized spacial score (nSPS) is 13.3. The highest BCUT2D eigenvalue weighted by atomic mass is 16.4. The van der Waals surface area contributed by atoms with Crippen molar-refractivity contribution in [1.29, 1.82) is 0 Å². The van der Waals surface area contributed by atoms with Crippen LogP contribution in [0.4, 0.5) is 5.69 Å². The lowest BCUT2D eigenvalue weighted by Crippen LogP contribution is -2.42. The minimum absolute atomic E-state index is 0.103. The zero-order valence-corrected chi connectivity index (χ0v) is 13.9. The molecule has 0 radical (unpaired) electrons. The summed E-state index contributed by atoms with van der Waals surface area (Å²) in [5.41, 5.74) is 0.566. The van der Waals surface area contributed by atoms with Crippen LogP contribution in [0.5, 0.6) is 0 Å². The summed E-state index contributed by atoms with van der Waals surface area (Å²) in [6, 6.07) is 2.55. The van der Waals surface area contributed by atoms with Gasteiger partial charge in [-0.05, 0) is 31.0 Å². The van der Waals surface area contributed by atoms with Crippen LogP contribution in [0, 0.1) is 5.92 Å². The van der Waals surface area contributed by atoms with Gasteiger partial charge in [-0.25, -0.2) is 0 Å². The van der Waals surface area contributed by atoms with Crippen LogP contribution in [0.25, 0.3) is 0 Å². The number of carbonyl (C=O) groups excluding carboxylic acids is 1. The van der Waals surface area contributed by atoms with Gasteiger partial charge in [0.2, 0.25) is 5.91 Å². The van der Waals surface area contributed by atoms with E-state index in [0.717, 1.165) is 25.7 Å². The topological polar surface area (TPSA) is 91.3 Å². The number of carboxylic acids is 1. The molecule has 0 aliphatic heterocycles. The fraction of sp³-hybridized carbons (Fsp3) is 0.588. The van der Waals surface area contributed by atoms with Crippen LogP contribution >= 0.6 is 0 Å². The molecule has 2 atom stereocenters. The summed E-state index contributed by atoms with van der Waals surface area (Å²) < 4.78 is 0. The average molecular weight is 321 g/mol. The smallest absolute Gasteiger partial charge is 0.321 e.